The largest absolute Gasteiger partial charge is 0.444 e. The maximum Gasteiger partial charge on any atom is 0.407 e. The standard InChI is InChI=1S/C11H19NO3/c1-11(2,3)15-10(14)12-7-8-4-5-9(13)6-8/h8H,4-7H2,1-3H3,(H,12,14)/t8-/m1/s1. The maximum absolute atomic E-state index is 11.3. The molecular weight excluding hydrogens is 194 g/mol. The normalized spacial score (nSPS) is 21.5. The molecule has 0 saturated heterocycles. The molecule has 1 saturated carbocycles. The van der Waals surface area contributed by atoms with E-state index in [2.05, 4.69) is 5.32 Å². The van der Waals surface area contributed by atoms with E-state index in [1.165, 1.54) is 0 Å². The Bertz CT molecular complexity index is 255. The van der Waals surface area contributed by atoms with Gasteiger partial charge in [-0.25, -0.2) is 4.79 Å². The van der Waals surface area contributed by atoms with Gasteiger partial charge in [0.1, 0.15) is 11.4 Å². The van der Waals surface area contributed by atoms with Crippen LogP contribution in [-0.4, -0.2) is 24.0 Å². The molecule has 4 nitrogen and oxygen atoms in total. The summed E-state index contributed by atoms with van der Waals surface area (Å²) < 4.78 is 5.09. The van der Waals surface area contributed by atoms with Gasteiger partial charge in [0.15, 0.2) is 0 Å². The van der Waals surface area contributed by atoms with E-state index in [0.29, 0.717) is 31.1 Å². The third kappa shape index (κ3) is 4.81. The highest BCUT2D eigenvalue weighted by atomic mass is 16.6. The van der Waals surface area contributed by atoms with Crippen LogP contribution in [0.25, 0.3) is 0 Å². The SMILES string of the molecule is CC(C)(C)OC(=O)NC[C@@H]1CCC(=O)C1. The molecule has 0 heterocycles. The number of rotatable bonds is 2. The Labute approximate surface area is 90.4 Å². The molecule has 15 heavy (non-hydrogen) atoms. The molecule has 0 aromatic carbocycles. The van der Waals surface area contributed by atoms with E-state index in [1.807, 2.05) is 20.8 Å². The highest BCUT2D eigenvalue weighted by Crippen LogP contribution is 2.20. The molecule has 1 N–H and O–H groups in total. The van der Waals surface area contributed by atoms with Crippen molar-refractivity contribution in [3.8, 4) is 0 Å². The lowest BCUT2D eigenvalue weighted by Gasteiger charge is -2.20. The Kier molecular flexibility index (Phi) is 3.72. The summed E-state index contributed by atoms with van der Waals surface area (Å²) in [5.41, 5.74) is -0.463. The van der Waals surface area contributed by atoms with Crippen molar-refractivity contribution in [2.75, 3.05) is 6.54 Å². The van der Waals surface area contributed by atoms with E-state index >= 15 is 0 Å². The molecule has 86 valence electrons. The van der Waals surface area contributed by atoms with Gasteiger partial charge in [0.25, 0.3) is 0 Å². The number of amides is 1. The zero-order chi connectivity index (χ0) is 11.5. The quantitative estimate of drug-likeness (QED) is 0.762. The summed E-state index contributed by atoms with van der Waals surface area (Å²) >= 11 is 0. The number of carbonyl (C=O) groups is 2. The van der Waals surface area contributed by atoms with Gasteiger partial charge in [-0.1, -0.05) is 0 Å². The summed E-state index contributed by atoms with van der Waals surface area (Å²) in [6, 6.07) is 0. The molecule has 1 aliphatic carbocycles. The second-order valence-corrected chi connectivity index (χ2v) is 5.03. The first-order valence-corrected chi connectivity index (χ1v) is 5.35. The minimum atomic E-state index is -0.463. The number of ether oxygens (including phenoxy) is 1. The summed E-state index contributed by atoms with van der Waals surface area (Å²) in [5.74, 6) is 0.594. The van der Waals surface area contributed by atoms with Gasteiger partial charge in [0.2, 0.25) is 0 Å². The predicted octanol–water partition coefficient (Wildman–Crippen LogP) is 1.88. The molecule has 1 rings (SSSR count). The topological polar surface area (TPSA) is 55.4 Å². The van der Waals surface area contributed by atoms with Gasteiger partial charge in [-0.2, -0.15) is 0 Å². The fourth-order valence-corrected chi connectivity index (χ4v) is 1.61. The van der Waals surface area contributed by atoms with Crippen molar-refractivity contribution in [2.24, 2.45) is 5.92 Å². The Hall–Kier alpha value is -1.06. The molecule has 4 heteroatoms. The van der Waals surface area contributed by atoms with Crippen LogP contribution in [0.3, 0.4) is 0 Å². The first-order chi connectivity index (χ1) is 6.87. The molecule has 0 bridgehead atoms. The molecule has 1 amide bonds. The van der Waals surface area contributed by atoms with E-state index in [1.54, 1.807) is 0 Å². The third-order valence-corrected chi connectivity index (χ3v) is 2.28. The molecule has 0 radical (unpaired) electrons. The van der Waals surface area contributed by atoms with Gasteiger partial charge in [-0.15, -0.1) is 0 Å². The summed E-state index contributed by atoms with van der Waals surface area (Å²) in [6.45, 7) is 6.02. The minimum absolute atomic E-state index is 0.296. The molecule has 0 aromatic heterocycles. The lowest BCUT2D eigenvalue weighted by Crippen LogP contribution is -2.34. The molecule has 1 aliphatic rings. The highest BCUT2D eigenvalue weighted by Gasteiger charge is 2.23. The zero-order valence-corrected chi connectivity index (χ0v) is 9.63. The summed E-state index contributed by atoms with van der Waals surface area (Å²) in [7, 11) is 0. The number of hydrogen-bond acceptors (Lipinski definition) is 3. The summed E-state index contributed by atoms with van der Waals surface area (Å²) in [6.07, 6.45) is 1.73. The summed E-state index contributed by atoms with van der Waals surface area (Å²) in [5, 5.41) is 2.69. The molecule has 0 aliphatic heterocycles. The maximum atomic E-state index is 11.3. The van der Waals surface area contributed by atoms with Gasteiger partial charge < -0.3 is 10.1 Å². The third-order valence-electron chi connectivity index (χ3n) is 2.28. The fraction of sp³-hybridized carbons (Fsp3) is 0.818. The predicted molar refractivity (Wildman–Crippen MR) is 56.6 cm³/mol. The molecule has 0 spiro atoms. The van der Waals surface area contributed by atoms with Crippen molar-refractivity contribution in [3.05, 3.63) is 0 Å². The number of nitrogens with one attached hydrogen (secondary N) is 1. The Morgan fingerprint density at radius 3 is 2.67 bits per heavy atom. The van der Waals surface area contributed by atoms with E-state index in [-0.39, 0.29) is 0 Å². The Morgan fingerprint density at radius 2 is 2.20 bits per heavy atom. The lowest BCUT2D eigenvalue weighted by molar-refractivity contribution is -0.117. The van der Waals surface area contributed by atoms with Gasteiger partial charge in [0, 0.05) is 19.4 Å². The first kappa shape index (κ1) is 12.0. The Morgan fingerprint density at radius 1 is 1.53 bits per heavy atom. The molecule has 0 unspecified atom stereocenters. The van der Waals surface area contributed by atoms with Crippen LogP contribution in [0.1, 0.15) is 40.0 Å². The van der Waals surface area contributed by atoms with Crippen molar-refractivity contribution in [1.82, 2.24) is 5.32 Å². The second-order valence-electron chi connectivity index (χ2n) is 5.03. The van der Waals surface area contributed by atoms with E-state index < -0.39 is 11.7 Å². The van der Waals surface area contributed by atoms with Crippen LogP contribution < -0.4 is 5.32 Å². The number of carbonyl (C=O) groups excluding carboxylic acids is 2. The van der Waals surface area contributed by atoms with Crippen LogP contribution in [0.2, 0.25) is 0 Å². The van der Waals surface area contributed by atoms with Crippen LogP contribution in [0.5, 0.6) is 0 Å². The molecule has 1 fully saturated rings. The fourth-order valence-electron chi connectivity index (χ4n) is 1.61. The number of ketones is 1. The average molecular weight is 213 g/mol. The van der Waals surface area contributed by atoms with Crippen LogP contribution in [-0.2, 0) is 9.53 Å². The van der Waals surface area contributed by atoms with Crippen molar-refractivity contribution in [3.63, 3.8) is 0 Å². The van der Waals surface area contributed by atoms with Gasteiger partial charge in [0.05, 0.1) is 0 Å². The van der Waals surface area contributed by atoms with Crippen LogP contribution in [0.4, 0.5) is 4.79 Å². The van der Waals surface area contributed by atoms with Crippen LogP contribution >= 0.6 is 0 Å². The van der Waals surface area contributed by atoms with E-state index in [0.717, 1.165) is 6.42 Å². The van der Waals surface area contributed by atoms with Gasteiger partial charge in [-0.05, 0) is 33.1 Å². The van der Waals surface area contributed by atoms with Crippen LogP contribution in [0.15, 0.2) is 0 Å². The number of hydrogen-bond donors (Lipinski definition) is 1. The second kappa shape index (κ2) is 4.64. The monoisotopic (exact) mass is 213 g/mol. The molecular formula is C11H19NO3. The molecule has 1 atom stereocenters. The smallest absolute Gasteiger partial charge is 0.407 e. The van der Waals surface area contributed by atoms with Crippen molar-refractivity contribution >= 4 is 11.9 Å². The Balaban J connectivity index is 2.20. The van der Waals surface area contributed by atoms with Gasteiger partial charge >= 0.3 is 6.09 Å². The van der Waals surface area contributed by atoms with Crippen molar-refractivity contribution in [2.45, 2.75) is 45.6 Å². The summed E-state index contributed by atoms with van der Waals surface area (Å²) in [4.78, 5) is 22.3. The lowest BCUT2D eigenvalue weighted by atomic mass is 10.1. The average Bonchev–Trinajstić information content (AvgIpc) is 2.45. The van der Waals surface area contributed by atoms with E-state index in [4.69, 9.17) is 4.74 Å². The minimum Gasteiger partial charge on any atom is -0.444 e. The van der Waals surface area contributed by atoms with Gasteiger partial charge in [-0.3, -0.25) is 4.79 Å². The van der Waals surface area contributed by atoms with E-state index in [9.17, 15) is 9.59 Å². The first-order valence-electron chi connectivity index (χ1n) is 5.35. The van der Waals surface area contributed by atoms with Crippen LogP contribution in [0, 0.1) is 5.92 Å². The number of alkyl carbamates (subject to hydrolysis) is 1. The zero-order valence-electron chi connectivity index (χ0n) is 9.63. The highest BCUT2D eigenvalue weighted by molar-refractivity contribution is 5.80. The van der Waals surface area contributed by atoms with Crippen molar-refractivity contribution in [1.29, 1.82) is 0 Å². The number of Topliss-reactive ketones (excluding diaryl/α,β-unsaturated/α-hetero) is 1. The van der Waals surface area contributed by atoms with Crippen molar-refractivity contribution < 1.29 is 14.3 Å². The molecule has 0 aromatic rings.